The molecule has 0 radical (unpaired) electrons. The van der Waals surface area contributed by atoms with E-state index in [1.807, 2.05) is 36.4 Å². The lowest BCUT2D eigenvalue weighted by Gasteiger charge is -2.13. The van der Waals surface area contributed by atoms with E-state index in [2.05, 4.69) is 20.6 Å². The number of pyridine rings is 1. The van der Waals surface area contributed by atoms with E-state index >= 15 is 0 Å². The maximum Gasteiger partial charge on any atom is 0.253 e. The summed E-state index contributed by atoms with van der Waals surface area (Å²) in [5.74, 6) is 1.32. The molecular formula is C20H28IN5O2. The van der Waals surface area contributed by atoms with Gasteiger partial charge in [0, 0.05) is 52.1 Å². The lowest BCUT2D eigenvalue weighted by molar-refractivity contribution is 0.0827. The number of aromatic nitrogens is 1. The number of hydrogen-bond acceptors (Lipinski definition) is 4. The van der Waals surface area contributed by atoms with Gasteiger partial charge in [-0.2, -0.15) is 0 Å². The largest absolute Gasteiger partial charge is 0.481 e. The topological polar surface area (TPSA) is 78.9 Å². The molecule has 1 aromatic heterocycles. The lowest BCUT2D eigenvalue weighted by atomic mass is 10.1. The number of methoxy groups -OCH3 is 1. The van der Waals surface area contributed by atoms with E-state index in [0.29, 0.717) is 30.5 Å². The van der Waals surface area contributed by atoms with Crippen LogP contribution in [0.4, 0.5) is 0 Å². The molecule has 28 heavy (non-hydrogen) atoms. The monoisotopic (exact) mass is 497 g/mol. The van der Waals surface area contributed by atoms with Gasteiger partial charge in [-0.05, 0) is 29.7 Å². The molecule has 0 fully saturated rings. The Kier molecular flexibility index (Phi) is 10.3. The third-order valence-corrected chi connectivity index (χ3v) is 3.98. The number of rotatable bonds is 7. The number of guanidine groups is 1. The molecule has 2 rings (SSSR count). The highest BCUT2D eigenvalue weighted by Crippen LogP contribution is 2.08. The highest BCUT2D eigenvalue weighted by molar-refractivity contribution is 14.0. The van der Waals surface area contributed by atoms with Crippen molar-refractivity contribution in [3.63, 3.8) is 0 Å². The van der Waals surface area contributed by atoms with Crippen molar-refractivity contribution in [3.05, 3.63) is 59.3 Å². The molecule has 7 nitrogen and oxygen atoms in total. The summed E-state index contributed by atoms with van der Waals surface area (Å²) in [5, 5.41) is 6.53. The average molecular weight is 497 g/mol. The predicted molar refractivity (Wildman–Crippen MR) is 123 cm³/mol. The van der Waals surface area contributed by atoms with Crippen LogP contribution in [0, 0.1) is 0 Å². The summed E-state index contributed by atoms with van der Waals surface area (Å²) < 4.78 is 5.06. The molecule has 2 N–H and O–H groups in total. The number of halogens is 1. The molecule has 0 spiro atoms. The number of carbonyl (C=O) groups excluding carboxylic acids is 1. The molecule has 1 amide bonds. The van der Waals surface area contributed by atoms with Crippen LogP contribution in [0.25, 0.3) is 0 Å². The van der Waals surface area contributed by atoms with Gasteiger partial charge < -0.3 is 20.3 Å². The summed E-state index contributed by atoms with van der Waals surface area (Å²) in [7, 11) is 6.84. The molecule has 152 valence electrons. The molecule has 0 unspecified atom stereocenters. The lowest BCUT2D eigenvalue weighted by Crippen LogP contribution is -2.37. The second-order valence-electron chi connectivity index (χ2n) is 6.21. The second kappa shape index (κ2) is 12.2. The zero-order valence-electron chi connectivity index (χ0n) is 16.7. The van der Waals surface area contributed by atoms with Gasteiger partial charge in [0.2, 0.25) is 5.88 Å². The molecule has 0 saturated carbocycles. The van der Waals surface area contributed by atoms with Gasteiger partial charge in [0.05, 0.1) is 7.11 Å². The average Bonchev–Trinajstić information content (AvgIpc) is 2.70. The summed E-state index contributed by atoms with van der Waals surface area (Å²) in [6.45, 7) is 1.32. The summed E-state index contributed by atoms with van der Waals surface area (Å²) in [4.78, 5) is 22.0. The van der Waals surface area contributed by atoms with Gasteiger partial charge in [0.15, 0.2) is 5.96 Å². The first kappa shape index (κ1) is 23.7. The fourth-order valence-corrected chi connectivity index (χ4v) is 2.49. The highest BCUT2D eigenvalue weighted by atomic mass is 127. The normalized spacial score (nSPS) is 10.6. The van der Waals surface area contributed by atoms with Gasteiger partial charge in [-0.25, -0.2) is 4.98 Å². The molecule has 2 aromatic rings. The molecule has 1 heterocycles. The molecule has 0 bridgehead atoms. The summed E-state index contributed by atoms with van der Waals surface area (Å²) in [5.41, 5.74) is 2.84. The Morgan fingerprint density at radius 3 is 2.57 bits per heavy atom. The number of nitrogens with zero attached hydrogens (tertiary/aromatic N) is 3. The van der Waals surface area contributed by atoms with Gasteiger partial charge in [0.25, 0.3) is 5.91 Å². The number of amides is 1. The quantitative estimate of drug-likeness (QED) is 0.349. The van der Waals surface area contributed by atoms with Gasteiger partial charge in [-0.3, -0.25) is 9.79 Å². The van der Waals surface area contributed by atoms with Crippen molar-refractivity contribution in [3.8, 4) is 5.88 Å². The van der Waals surface area contributed by atoms with Gasteiger partial charge in [-0.15, -0.1) is 24.0 Å². The number of hydrogen-bond donors (Lipinski definition) is 2. The Hall–Kier alpha value is -2.36. The first-order valence-electron chi connectivity index (χ1n) is 8.77. The van der Waals surface area contributed by atoms with E-state index in [0.717, 1.165) is 17.5 Å². The Balaban J connectivity index is 0.00000392. The van der Waals surface area contributed by atoms with Crippen LogP contribution in [0.3, 0.4) is 0 Å². The number of aliphatic imine (C=N–C) groups is 1. The fraction of sp³-hybridized carbons (Fsp3) is 0.350. The minimum absolute atomic E-state index is 0. The summed E-state index contributed by atoms with van der Waals surface area (Å²) in [6, 6.07) is 11.5. The maximum absolute atomic E-state index is 12.1. The minimum atomic E-state index is 0. The van der Waals surface area contributed by atoms with Crippen molar-refractivity contribution in [2.45, 2.75) is 13.0 Å². The van der Waals surface area contributed by atoms with Crippen LogP contribution in [-0.2, 0) is 13.0 Å². The van der Waals surface area contributed by atoms with Crippen LogP contribution >= 0.6 is 24.0 Å². The van der Waals surface area contributed by atoms with Crippen LogP contribution < -0.4 is 15.4 Å². The van der Waals surface area contributed by atoms with E-state index in [4.69, 9.17) is 4.74 Å². The number of ether oxygens (including phenoxy) is 1. The third kappa shape index (κ3) is 7.34. The first-order valence-corrected chi connectivity index (χ1v) is 8.77. The number of benzene rings is 1. The first-order chi connectivity index (χ1) is 13.0. The molecule has 8 heteroatoms. The Morgan fingerprint density at radius 2 is 1.96 bits per heavy atom. The number of nitrogens with one attached hydrogen (secondary N) is 2. The standard InChI is InChI=1S/C20H27N5O2.HI/c1-21-20(24-14-16-8-9-18(27-4)23-13-16)22-11-10-15-6-5-7-17(12-15)19(26)25(2)3;/h5-9,12-13H,10-11,14H2,1-4H3,(H2,21,22,24);1H. The van der Waals surface area contributed by atoms with Crippen molar-refractivity contribution < 1.29 is 9.53 Å². The summed E-state index contributed by atoms with van der Waals surface area (Å²) in [6.07, 6.45) is 2.56. The molecular weight excluding hydrogens is 469 g/mol. The van der Waals surface area contributed by atoms with Gasteiger partial charge in [0.1, 0.15) is 0 Å². The van der Waals surface area contributed by atoms with Crippen LogP contribution in [0.1, 0.15) is 21.5 Å². The Morgan fingerprint density at radius 1 is 1.18 bits per heavy atom. The van der Waals surface area contributed by atoms with E-state index in [1.165, 1.54) is 0 Å². The SMILES string of the molecule is CN=C(NCCc1cccc(C(=O)N(C)C)c1)NCc1ccc(OC)nc1.I. The van der Waals surface area contributed by atoms with Crippen molar-refractivity contribution >= 4 is 35.8 Å². The highest BCUT2D eigenvalue weighted by Gasteiger charge is 2.08. The Bertz CT molecular complexity index is 778. The Labute approximate surface area is 183 Å². The van der Waals surface area contributed by atoms with Crippen molar-refractivity contribution in [2.75, 3.05) is 34.8 Å². The zero-order chi connectivity index (χ0) is 19.6. The van der Waals surface area contributed by atoms with E-state index in [1.54, 1.807) is 39.3 Å². The smallest absolute Gasteiger partial charge is 0.253 e. The van der Waals surface area contributed by atoms with Crippen LogP contribution in [0.5, 0.6) is 5.88 Å². The molecule has 0 saturated heterocycles. The number of carbonyl (C=O) groups is 1. The minimum Gasteiger partial charge on any atom is -0.481 e. The fourth-order valence-electron chi connectivity index (χ4n) is 2.49. The molecule has 0 aliphatic carbocycles. The zero-order valence-corrected chi connectivity index (χ0v) is 19.1. The van der Waals surface area contributed by atoms with Crippen molar-refractivity contribution in [2.24, 2.45) is 4.99 Å². The third-order valence-electron chi connectivity index (χ3n) is 3.98. The molecule has 0 aliphatic rings. The van der Waals surface area contributed by atoms with E-state index in [-0.39, 0.29) is 29.9 Å². The van der Waals surface area contributed by atoms with Gasteiger partial charge in [-0.1, -0.05) is 18.2 Å². The molecule has 0 aliphatic heterocycles. The van der Waals surface area contributed by atoms with E-state index < -0.39 is 0 Å². The van der Waals surface area contributed by atoms with Crippen molar-refractivity contribution in [1.82, 2.24) is 20.5 Å². The van der Waals surface area contributed by atoms with Gasteiger partial charge >= 0.3 is 0 Å². The predicted octanol–water partition coefficient (Wildman–Crippen LogP) is 2.32. The van der Waals surface area contributed by atoms with Crippen molar-refractivity contribution in [1.29, 1.82) is 0 Å². The van der Waals surface area contributed by atoms with Crippen LogP contribution in [-0.4, -0.2) is 56.5 Å². The summed E-state index contributed by atoms with van der Waals surface area (Å²) >= 11 is 0. The molecule has 0 atom stereocenters. The maximum atomic E-state index is 12.1. The second-order valence-corrected chi connectivity index (χ2v) is 6.21. The van der Waals surface area contributed by atoms with Crippen LogP contribution in [0.2, 0.25) is 0 Å². The molecule has 1 aromatic carbocycles. The van der Waals surface area contributed by atoms with Crippen LogP contribution in [0.15, 0.2) is 47.6 Å². The van der Waals surface area contributed by atoms with E-state index in [9.17, 15) is 4.79 Å².